The number of hydrogen-bond donors (Lipinski definition) is 1. The van der Waals surface area contributed by atoms with Crippen LogP contribution >= 0.6 is 0 Å². The molecule has 0 radical (unpaired) electrons. The number of piperazine rings is 2. The molecule has 3 fully saturated rings. The van der Waals surface area contributed by atoms with Crippen molar-refractivity contribution in [1.82, 2.24) is 24.9 Å². The summed E-state index contributed by atoms with van der Waals surface area (Å²) in [6, 6.07) is 7.02. The molecule has 2 saturated heterocycles. The fourth-order valence-corrected chi connectivity index (χ4v) is 5.57. The van der Waals surface area contributed by atoms with Crippen LogP contribution in [0.2, 0.25) is 0 Å². The summed E-state index contributed by atoms with van der Waals surface area (Å²) >= 11 is 0. The van der Waals surface area contributed by atoms with Crippen molar-refractivity contribution >= 4 is 11.8 Å². The standard InChI is InChI=1S/C25H33N5O3/c1-33-23-10-6-5-9-21(23)30-16-19(14-26-30)15-28-11-12-29-22(17-28)24(31)27-20(25(29)32)13-18-7-3-2-4-8-18/h5-6,9-10,14,16,18,20,22H,2-4,7-8,11-13,15,17H2,1H3,(H,27,31)/t20-,22+/m0/s1. The predicted molar refractivity (Wildman–Crippen MR) is 124 cm³/mol. The zero-order valence-electron chi connectivity index (χ0n) is 19.3. The van der Waals surface area contributed by atoms with Crippen molar-refractivity contribution in [2.75, 3.05) is 26.7 Å². The molecule has 2 atom stereocenters. The van der Waals surface area contributed by atoms with Gasteiger partial charge in [0.1, 0.15) is 23.5 Å². The monoisotopic (exact) mass is 451 g/mol. The lowest BCUT2D eigenvalue weighted by Crippen LogP contribution is -2.69. The van der Waals surface area contributed by atoms with Crippen LogP contribution in [0, 0.1) is 5.92 Å². The number of carbonyl (C=O) groups excluding carboxylic acids is 2. The van der Waals surface area contributed by atoms with Crippen LogP contribution in [-0.2, 0) is 16.1 Å². The minimum absolute atomic E-state index is 0.00942. The summed E-state index contributed by atoms with van der Waals surface area (Å²) in [4.78, 5) is 30.1. The molecule has 2 aliphatic heterocycles. The zero-order chi connectivity index (χ0) is 22.8. The highest BCUT2D eigenvalue weighted by Gasteiger charge is 2.43. The fraction of sp³-hybridized carbons (Fsp3) is 0.560. The third-order valence-electron chi connectivity index (χ3n) is 7.33. The number of nitrogens with zero attached hydrogens (tertiary/aromatic N) is 4. The van der Waals surface area contributed by atoms with E-state index < -0.39 is 6.04 Å². The second-order valence-electron chi connectivity index (χ2n) is 9.55. The lowest BCUT2D eigenvalue weighted by molar-refractivity contribution is -0.153. The maximum absolute atomic E-state index is 13.1. The molecule has 1 aliphatic carbocycles. The van der Waals surface area contributed by atoms with Gasteiger partial charge in [-0.05, 0) is 24.5 Å². The van der Waals surface area contributed by atoms with Gasteiger partial charge in [-0.25, -0.2) is 4.68 Å². The number of nitrogens with one attached hydrogen (secondary N) is 1. The van der Waals surface area contributed by atoms with E-state index in [0.29, 0.717) is 25.6 Å². The first-order valence-electron chi connectivity index (χ1n) is 12.1. The third-order valence-corrected chi connectivity index (χ3v) is 7.33. The first-order chi connectivity index (χ1) is 16.1. The van der Waals surface area contributed by atoms with E-state index in [1.165, 1.54) is 32.1 Å². The smallest absolute Gasteiger partial charge is 0.245 e. The van der Waals surface area contributed by atoms with E-state index in [9.17, 15) is 9.59 Å². The molecule has 2 amide bonds. The molecule has 3 heterocycles. The molecule has 0 spiro atoms. The molecule has 0 bridgehead atoms. The molecule has 176 valence electrons. The molecule has 8 nitrogen and oxygen atoms in total. The molecular weight excluding hydrogens is 418 g/mol. The highest BCUT2D eigenvalue weighted by molar-refractivity contribution is 5.97. The highest BCUT2D eigenvalue weighted by atomic mass is 16.5. The van der Waals surface area contributed by atoms with Crippen LogP contribution in [0.5, 0.6) is 5.75 Å². The Hall–Kier alpha value is -2.87. The Morgan fingerprint density at radius 3 is 2.76 bits per heavy atom. The van der Waals surface area contributed by atoms with Crippen LogP contribution in [0.4, 0.5) is 0 Å². The Morgan fingerprint density at radius 1 is 1.12 bits per heavy atom. The number of carbonyl (C=O) groups is 2. The van der Waals surface area contributed by atoms with Gasteiger partial charge in [-0.2, -0.15) is 5.10 Å². The van der Waals surface area contributed by atoms with Gasteiger partial charge in [-0.15, -0.1) is 0 Å². The van der Waals surface area contributed by atoms with E-state index in [1.54, 1.807) is 7.11 Å². The lowest BCUT2D eigenvalue weighted by Gasteiger charge is -2.45. The summed E-state index contributed by atoms with van der Waals surface area (Å²) in [6.07, 6.45) is 10.8. The normalized spacial score (nSPS) is 24.5. The number of fused-ring (bicyclic) bond motifs is 1. The quantitative estimate of drug-likeness (QED) is 0.730. The summed E-state index contributed by atoms with van der Waals surface area (Å²) in [7, 11) is 1.65. The molecule has 1 aromatic heterocycles. The Kier molecular flexibility index (Phi) is 6.35. The van der Waals surface area contributed by atoms with Gasteiger partial charge in [-0.3, -0.25) is 14.5 Å². The topological polar surface area (TPSA) is 79.7 Å². The molecule has 5 rings (SSSR count). The minimum atomic E-state index is -0.405. The van der Waals surface area contributed by atoms with E-state index in [2.05, 4.69) is 15.3 Å². The fourth-order valence-electron chi connectivity index (χ4n) is 5.57. The maximum atomic E-state index is 13.1. The lowest BCUT2D eigenvalue weighted by atomic mass is 9.84. The van der Waals surface area contributed by atoms with Gasteiger partial charge in [0.05, 0.1) is 13.3 Å². The molecule has 0 unspecified atom stereocenters. The van der Waals surface area contributed by atoms with Crippen molar-refractivity contribution in [1.29, 1.82) is 0 Å². The van der Waals surface area contributed by atoms with Crippen molar-refractivity contribution < 1.29 is 14.3 Å². The SMILES string of the molecule is COc1ccccc1-n1cc(CN2CCN3C(=O)[C@H](CC4CCCCC4)NC(=O)[C@H]3C2)cn1. The number of para-hydroxylation sites is 2. The zero-order valence-corrected chi connectivity index (χ0v) is 19.3. The average molecular weight is 452 g/mol. The van der Waals surface area contributed by atoms with Crippen molar-refractivity contribution in [3.63, 3.8) is 0 Å². The number of methoxy groups -OCH3 is 1. The second-order valence-corrected chi connectivity index (χ2v) is 9.55. The third kappa shape index (κ3) is 4.62. The van der Waals surface area contributed by atoms with E-state index in [-0.39, 0.29) is 17.9 Å². The van der Waals surface area contributed by atoms with Gasteiger partial charge in [0.15, 0.2) is 0 Å². The number of ether oxygens (including phenoxy) is 1. The number of hydrogen-bond acceptors (Lipinski definition) is 5. The Balaban J connectivity index is 1.21. The van der Waals surface area contributed by atoms with Crippen molar-refractivity contribution in [2.45, 2.75) is 57.2 Å². The number of rotatable bonds is 6. The number of aromatic nitrogens is 2. The van der Waals surface area contributed by atoms with Crippen LogP contribution in [-0.4, -0.2) is 70.2 Å². The van der Waals surface area contributed by atoms with Gasteiger partial charge in [0.2, 0.25) is 11.8 Å². The summed E-state index contributed by atoms with van der Waals surface area (Å²) in [6.45, 7) is 2.59. The van der Waals surface area contributed by atoms with E-state index in [0.717, 1.165) is 30.0 Å². The second kappa shape index (κ2) is 9.55. The summed E-state index contributed by atoms with van der Waals surface area (Å²) in [5, 5.41) is 7.55. The first-order valence-corrected chi connectivity index (χ1v) is 12.1. The largest absolute Gasteiger partial charge is 0.494 e. The Morgan fingerprint density at radius 2 is 1.94 bits per heavy atom. The predicted octanol–water partition coefficient (Wildman–Crippen LogP) is 2.36. The molecule has 33 heavy (non-hydrogen) atoms. The van der Waals surface area contributed by atoms with Crippen molar-refractivity contribution in [3.05, 3.63) is 42.2 Å². The van der Waals surface area contributed by atoms with E-state index in [1.807, 2.05) is 46.2 Å². The van der Waals surface area contributed by atoms with Crippen molar-refractivity contribution in [3.8, 4) is 11.4 Å². The van der Waals surface area contributed by atoms with Gasteiger partial charge in [-0.1, -0.05) is 44.2 Å². The van der Waals surface area contributed by atoms with Crippen molar-refractivity contribution in [2.24, 2.45) is 5.92 Å². The summed E-state index contributed by atoms with van der Waals surface area (Å²) < 4.78 is 7.26. The molecular formula is C25H33N5O3. The minimum Gasteiger partial charge on any atom is -0.494 e. The van der Waals surface area contributed by atoms with Crippen LogP contribution < -0.4 is 10.1 Å². The Bertz CT molecular complexity index is 999. The molecule has 8 heteroatoms. The first kappa shape index (κ1) is 21.9. The molecule has 1 N–H and O–H groups in total. The number of amides is 2. The van der Waals surface area contributed by atoms with Crippen LogP contribution in [0.15, 0.2) is 36.7 Å². The Labute approximate surface area is 194 Å². The van der Waals surface area contributed by atoms with Crippen LogP contribution in [0.3, 0.4) is 0 Å². The van der Waals surface area contributed by atoms with Gasteiger partial charge < -0.3 is 15.0 Å². The molecule has 2 aromatic rings. The summed E-state index contributed by atoms with van der Waals surface area (Å²) in [5.41, 5.74) is 1.95. The van der Waals surface area contributed by atoms with Gasteiger partial charge >= 0.3 is 0 Å². The maximum Gasteiger partial charge on any atom is 0.245 e. The highest BCUT2D eigenvalue weighted by Crippen LogP contribution is 2.29. The van der Waals surface area contributed by atoms with E-state index in [4.69, 9.17) is 4.74 Å². The molecule has 3 aliphatic rings. The average Bonchev–Trinajstić information content (AvgIpc) is 3.31. The van der Waals surface area contributed by atoms with Crippen LogP contribution in [0.25, 0.3) is 5.69 Å². The van der Waals surface area contributed by atoms with E-state index >= 15 is 0 Å². The van der Waals surface area contributed by atoms with Gasteiger partial charge in [0, 0.05) is 37.9 Å². The molecule has 1 saturated carbocycles. The van der Waals surface area contributed by atoms with Crippen LogP contribution in [0.1, 0.15) is 44.1 Å². The molecule has 1 aromatic carbocycles. The summed E-state index contributed by atoms with van der Waals surface area (Å²) in [5.74, 6) is 1.42. The van der Waals surface area contributed by atoms with Gasteiger partial charge in [0.25, 0.3) is 0 Å². The number of benzene rings is 1.